The Balaban J connectivity index is 1.82. The molecule has 1 N–H and O–H groups in total. The van der Waals surface area contributed by atoms with E-state index >= 15 is 0 Å². The van der Waals surface area contributed by atoms with Crippen LogP contribution in [0.1, 0.15) is 23.5 Å². The maximum atomic E-state index is 12.4. The lowest BCUT2D eigenvalue weighted by Crippen LogP contribution is -2.32. The Bertz CT molecular complexity index is 735. The molecule has 1 amide bonds. The van der Waals surface area contributed by atoms with Crippen molar-refractivity contribution in [1.29, 1.82) is 0 Å². The molecule has 0 radical (unpaired) electrons. The predicted molar refractivity (Wildman–Crippen MR) is 80.3 cm³/mol. The van der Waals surface area contributed by atoms with Crippen LogP contribution in [0.5, 0.6) is 0 Å². The van der Waals surface area contributed by atoms with Crippen LogP contribution in [-0.2, 0) is 24.2 Å². The first kappa shape index (κ1) is 13.5. The number of aromatic nitrogens is 2. The monoisotopic (exact) mass is 283 g/mol. The van der Waals surface area contributed by atoms with Gasteiger partial charge < -0.3 is 5.32 Å². The number of para-hydroxylation sites is 1. The third-order valence-corrected chi connectivity index (χ3v) is 3.74. The van der Waals surface area contributed by atoms with E-state index in [1.54, 1.807) is 6.92 Å². The average Bonchev–Trinajstić information content (AvgIpc) is 2.93. The number of amides is 1. The van der Waals surface area contributed by atoms with Gasteiger partial charge in [-0.2, -0.15) is 0 Å². The molecular formula is C16H17N3O2. The topological polar surface area (TPSA) is 64.0 Å². The van der Waals surface area contributed by atoms with E-state index in [1.807, 2.05) is 30.3 Å². The molecule has 0 saturated carbocycles. The van der Waals surface area contributed by atoms with Crippen molar-refractivity contribution in [2.75, 3.05) is 5.32 Å². The van der Waals surface area contributed by atoms with E-state index in [4.69, 9.17) is 0 Å². The first-order valence-electron chi connectivity index (χ1n) is 7.09. The summed E-state index contributed by atoms with van der Waals surface area (Å²) in [5.41, 5.74) is 2.32. The number of carbonyl (C=O) groups excluding carboxylic acids is 1. The summed E-state index contributed by atoms with van der Waals surface area (Å²) in [7, 11) is 0. The molecule has 1 aliphatic rings. The summed E-state index contributed by atoms with van der Waals surface area (Å²) in [4.78, 5) is 29.0. The molecule has 5 heteroatoms. The van der Waals surface area contributed by atoms with Crippen LogP contribution in [0, 0.1) is 6.92 Å². The summed E-state index contributed by atoms with van der Waals surface area (Å²) in [5, 5.41) is 2.79. The van der Waals surface area contributed by atoms with Gasteiger partial charge in [-0.1, -0.05) is 18.2 Å². The number of rotatable bonds is 3. The fraction of sp³-hybridized carbons (Fsp3) is 0.312. The minimum Gasteiger partial charge on any atom is -0.325 e. The molecule has 21 heavy (non-hydrogen) atoms. The second-order valence-corrected chi connectivity index (χ2v) is 5.24. The zero-order valence-corrected chi connectivity index (χ0v) is 11.9. The van der Waals surface area contributed by atoms with Crippen molar-refractivity contribution >= 4 is 11.6 Å². The predicted octanol–water partition coefficient (Wildman–Crippen LogP) is 1.68. The van der Waals surface area contributed by atoms with E-state index in [9.17, 15) is 9.59 Å². The SMILES string of the molecule is Cc1nc2c(c(=O)n1CC(=O)Nc1ccccc1)CCC2. The Kier molecular flexibility index (Phi) is 3.56. The summed E-state index contributed by atoms with van der Waals surface area (Å²) < 4.78 is 1.46. The van der Waals surface area contributed by atoms with Gasteiger partial charge in [0.15, 0.2) is 0 Å². The number of carbonyl (C=O) groups is 1. The molecule has 0 bridgehead atoms. The van der Waals surface area contributed by atoms with Crippen LogP contribution < -0.4 is 10.9 Å². The molecular weight excluding hydrogens is 266 g/mol. The molecule has 0 aliphatic heterocycles. The van der Waals surface area contributed by atoms with Gasteiger partial charge in [-0.3, -0.25) is 14.2 Å². The van der Waals surface area contributed by atoms with Crippen molar-refractivity contribution in [3.05, 3.63) is 57.8 Å². The molecule has 0 spiro atoms. The van der Waals surface area contributed by atoms with Crippen LogP contribution in [0.25, 0.3) is 0 Å². The smallest absolute Gasteiger partial charge is 0.257 e. The fourth-order valence-corrected chi connectivity index (χ4v) is 2.70. The number of nitrogens with one attached hydrogen (secondary N) is 1. The van der Waals surface area contributed by atoms with Gasteiger partial charge in [0, 0.05) is 11.3 Å². The van der Waals surface area contributed by atoms with Crippen LogP contribution in [0.4, 0.5) is 5.69 Å². The van der Waals surface area contributed by atoms with Crippen LogP contribution in [0.15, 0.2) is 35.1 Å². The number of fused-ring (bicyclic) bond motifs is 1. The van der Waals surface area contributed by atoms with Gasteiger partial charge in [-0.15, -0.1) is 0 Å². The lowest BCUT2D eigenvalue weighted by Gasteiger charge is -2.11. The number of anilines is 1. The normalized spacial score (nSPS) is 13.0. The number of hydrogen-bond donors (Lipinski definition) is 1. The molecule has 1 aromatic heterocycles. The van der Waals surface area contributed by atoms with Crippen molar-refractivity contribution in [3.63, 3.8) is 0 Å². The fourth-order valence-electron chi connectivity index (χ4n) is 2.70. The number of hydrogen-bond acceptors (Lipinski definition) is 3. The van der Waals surface area contributed by atoms with Gasteiger partial charge in [0.05, 0.1) is 5.69 Å². The van der Waals surface area contributed by atoms with Gasteiger partial charge in [0.2, 0.25) is 5.91 Å². The van der Waals surface area contributed by atoms with Crippen molar-refractivity contribution in [1.82, 2.24) is 9.55 Å². The highest BCUT2D eigenvalue weighted by Crippen LogP contribution is 2.16. The molecule has 1 aliphatic carbocycles. The Labute approximate surface area is 122 Å². The average molecular weight is 283 g/mol. The molecule has 0 fully saturated rings. The first-order valence-corrected chi connectivity index (χ1v) is 7.09. The van der Waals surface area contributed by atoms with Crippen LogP contribution >= 0.6 is 0 Å². The molecule has 1 aromatic carbocycles. The van der Waals surface area contributed by atoms with E-state index in [0.29, 0.717) is 5.82 Å². The summed E-state index contributed by atoms with van der Waals surface area (Å²) in [6, 6.07) is 9.21. The van der Waals surface area contributed by atoms with Crippen molar-refractivity contribution in [2.24, 2.45) is 0 Å². The second-order valence-electron chi connectivity index (χ2n) is 5.24. The maximum Gasteiger partial charge on any atom is 0.257 e. The van der Waals surface area contributed by atoms with Gasteiger partial charge in [0.25, 0.3) is 5.56 Å². The number of nitrogens with zero attached hydrogens (tertiary/aromatic N) is 2. The van der Waals surface area contributed by atoms with Gasteiger partial charge >= 0.3 is 0 Å². The highest BCUT2D eigenvalue weighted by Gasteiger charge is 2.20. The lowest BCUT2D eigenvalue weighted by molar-refractivity contribution is -0.116. The summed E-state index contributed by atoms with van der Waals surface area (Å²) in [5.74, 6) is 0.384. The molecule has 0 atom stereocenters. The molecule has 5 nitrogen and oxygen atoms in total. The van der Waals surface area contributed by atoms with Gasteiger partial charge in [-0.25, -0.2) is 4.98 Å². The van der Waals surface area contributed by atoms with Crippen LogP contribution in [0.2, 0.25) is 0 Å². The van der Waals surface area contributed by atoms with E-state index in [2.05, 4.69) is 10.3 Å². The second kappa shape index (κ2) is 5.52. The van der Waals surface area contributed by atoms with E-state index in [-0.39, 0.29) is 18.0 Å². The minimum absolute atomic E-state index is 0.000158. The maximum absolute atomic E-state index is 12.4. The number of benzene rings is 1. The highest BCUT2D eigenvalue weighted by molar-refractivity contribution is 5.90. The van der Waals surface area contributed by atoms with E-state index in [0.717, 1.165) is 36.2 Å². The van der Waals surface area contributed by atoms with E-state index < -0.39 is 0 Å². The Hall–Kier alpha value is -2.43. The van der Waals surface area contributed by atoms with E-state index in [1.165, 1.54) is 4.57 Å². The van der Waals surface area contributed by atoms with Crippen LogP contribution in [-0.4, -0.2) is 15.5 Å². The zero-order valence-electron chi connectivity index (χ0n) is 11.9. The van der Waals surface area contributed by atoms with Gasteiger partial charge in [0.1, 0.15) is 12.4 Å². The molecule has 1 heterocycles. The zero-order chi connectivity index (χ0) is 14.8. The third kappa shape index (κ3) is 2.72. The quantitative estimate of drug-likeness (QED) is 0.932. The van der Waals surface area contributed by atoms with Gasteiger partial charge in [-0.05, 0) is 38.3 Å². The van der Waals surface area contributed by atoms with Crippen molar-refractivity contribution in [3.8, 4) is 0 Å². The Morgan fingerprint density at radius 1 is 1.29 bits per heavy atom. The molecule has 108 valence electrons. The standard InChI is InChI=1S/C16H17N3O2/c1-11-17-14-9-5-8-13(14)16(21)19(11)10-15(20)18-12-6-3-2-4-7-12/h2-4,6-7H,5,8-10H2,1H3,(H,18,20). The summed E-state index contributed by atoms with van der Waals surface area (Å²) >= 11 is 0. The highest BCUT2D eigenvalue weighted by atomic mass is 16.2. The summed E-state index contributed by atoms with van der Waals surface area (Å²) in [6.07, 6.45) is 2.60. The van der Waals surface area contributed by atoms with Crippen LogP contribution in [0.3, 0.4) is 0 Å². The minimum atomic E-state index is -0.217. The largest absolute Gasteiger partial charge is 0.325 e. The Morgan fingerprint density at radius 3 is 2.81 bits per heavy atom. The molecule has 0 unspecified atom stereocenters. The Morgan fingerprint density at radius 2 is 2.05 bits per heavy atom. The lowest BCUT2D eigenvalue weighted by atomic mass is 10.2. The van der Waals surface area contributed by atoms with Crippen molar-refractivity contribution < 1.29 is 4.79 Å². The van der Waals surface area contributed by atoms with Crippen molar-refractivity contribution in [2.45, 2.75) is 32.7 Å². The summed E-state index contributed by atoms with van der Waals surface area (Å²) in [6.45, 7) is 1.77. The first-order chi connectivity index (χ1) is 10.1. The third-order valence-electron chi connectivity index (χ3n) is 3.74. The molecule has 0 saturated heterocycles. The number of aryl methyl sites for hydroxylation is 2. The molecule has 2 aromatic rings. The molecule has 3 rings (SSSR count).